The molecule has 0 spiro atoms. The zero-order valence-electron chi connectivity index (χ0n) is 102. The third kappa shape index (κ3) is 47.6. The van der Waals surface area contributed by atoms with Gasteiger partial charge in [0.25, 0.3) is 0 Å². The van der Waals surface area contributed by atoms with Crippen molar-refractivity contribution in [3.63, 3.8) is 0 Å². The van der Waals surface area contributed by atoms with Crippen molar-refractivity contribution >= 4 is 64.6 Å². The average molecular weight is 2070 g/mol. The largest absolute Gasteiger partial charge is 0.492 e. The van der Waals surface area contributed by atoms with Crippen molar-refractivity contribution in [3.05, 3.63) is 83.9 Å². The maximum absolute atomic E-state index is 7.37. The quantitative estimate of drug-likeness (QED) is 0.0271. The van der Waals surface area contributed by atoms with Gasteiger partial charge in [0.15, 0.2) is 46.0 Å². The van der Waals surface area contributed by atoms with E-state index in [1.807, 2.05) is 0 Å². The van der Waals surface area contributed by atoms with Crippen molar-refractivity contribution in [1.82, 2.24) is 0 Å². The normalized spacial score (nSPS) is 14.2. The van der Waals surface area contributed by atoms with Gasteiger partial charge in [0.05, 0.1) is 77.2 Å². The second-order valence-electron chi connectivity index (χ2n) is 52.3. The SMILES string of the molecule is CC(C)CCCC(C)CCOc1cc2c(cc1C#CC#Cc1cc3c(cc1OCCC(C)CCCC(C)C)c1cc(OCCC(C)CCCC(C)C)c(OCCC(C)CCCC(C)C)cc1c1cc(OCCC(C)CCCC(C)C)c(OCCC(C)CCCC(C)C)cc31)c1cc(OCCC(C)CCCC(C)C)c(OCCC(C)CCCC(C)C)cc1c1cc(OCCC(C)CCCC(C)C)c(OCCC(C)CCCC(C)C)cc21. The Morgan fingerprint density at radius 1 is 0.133 bits per heavy atom. The highest BCUT2D eigenvalue weighted by atomic mass is 16.5. The smallest absolute Gasteiger partial charge is 0.161 e. The maximum Gasteiger partial charge on any atom is 0.161 e. The summed E-state index contributed by atoms with van der Waals surface area (Å²) in [5.74, 6) is 34.2. The fraction of sp³-hybridized carbons (Fsp3) is 0.714. The van der Waals surface area contributed by atoms with E-state index in [1.165, 1.54) is 180 Å². The molecule has 10 atom stereocenters. The molecular weight excluding hydrogens is 1840 g/mol. The van der Waals surface area contributed by atoms with Crippen LogP contribution in [0.15, 0.2) is 72.8 Å². The molecule has 8 aromatic carbocycles. The summed E-state index contributed by atoms with van der Waals surface area (Å²) >= 11 is 0. The van der Waals surface area contributed by atoms with Gasteiger partial charge in [-0.1, -0.05) is 400 Å². The molecule has 150 heavy (non-hydrogen) atoms. The van der Waals surface area contributed by atoms with Gasteiger partial charge in [-0.25, -0.2) is 0 Å². The van der Waals surface area contributed by atoms with Gasteiger partial charge in [-0.3, -0.25) is 0 Å². The number of benzene rings is 8. The maximum atomic E-state index is 7.37. The third-order valence-electron chi connectivity index (χ3n) is 32.2. The van der Waals surface area contributed by atoms with E-state index in [0.29, 0.717) is 184 Å². The molecule has 8 aromatic rings. The van der Waals surface area contributed by atoms with E-state index < -0.39 is 0 Å². The molecule has 0 radical (unpaired) electrons. The fourth-order valence-electron chi connectivity index (χ4n) is 21.5. The zero-order valence-corrected chi connectivity index (χ0v) is 102. The predicted octanol–water partition coefficient (Wildman–Crippen LogP) is 42.3. The van der Waals surface area contributed by atoms with Crippen LogP contribution in [0, 0.1) is 142 Å². The summed E-state index contributed by atoms with van der Waals surface area (Å²) in [6, 6.07) is 27.6. The predicted molar refractivity (Wildman–Crippen MR) is 651 cm³/mol. The summed E-state index contributed by atoms with van der Waals surface area (Å²) in [6.45, 7) is 76.6. The molecule has 10 heteroatoms. The van der Waals surface area contributed by atoms with Crippen molar-refractivity contribution < 1.29 is 47.4 Å². The molecule has 0 aliphatic rings. The first kappa shape index (κ1) is 128. The highest BCUT2D eigenvalue weighted by Gasteiger charge is 2.27. The van der Waals surface area contributed by atoms with Crippen molar-refractivity contribution in [1.29, 1.82) is 0 Å². The van der Waals surface area contributed by atoms with Crippen LogP contribution in [0.5, 0.6) is 57.5 Å². The van der Waals surface area contributed by atoms with E-state index in [4.69, 9.17) is 47.4 Å². The van der Waals surface area contributed by atoms with E-state index in [2.05, 4.69) is 304 Å². The molecule has 0 bridgehead atoms. The number of rotatable bonds is 80. The van der Waals surface area contributed by atoms with Gasteiger partial charge in [0.1, 0.15) is 11.5 Å². The van der Waals surface area contributed by atoms with Gasteiger partial charge >= 0.3 is 0 Å². The van der Waals surface area contributed by atoms with Crippen LogP contribution in [0.4, 0.5) is 0 Å². The van der Waals surface area contributed by atoms with Crippen LogP contribution in [0.3, 0.4) is 0 Å². The Bertz CT molecular complexity index is 4820. The van der Waals surface area contributed by atoms with Crippen molar-refractivity contribution in [2.45, 2.75) is 465 Å². The van der Waals surface area contributed by atoms with Gasteiger partial charge in [-0.2, -0.15) is 0 Å². The van der Waals surface area contributed by atoms with Crippen molar-refractivity contribution in [2.75, 3.05) is 66.1 Å². The summed E-state index contributed by atoms with van der Waals surface area (Å²) in [5, 5.41) is 12.7. The Hall–Kier alpha value is -7.56. The van der Waals surface area contributed by atoms with Gasteiger partial charge in [0.2, 0.25) is 0 Å². The summed E-state index contributed by atoms with van der Waals surface area (Å²) in [4.78, 5) is 0. The van der Waals surface area contributed by atoms with Gasteiger partial charge in [-0.05, 0) is 344 Å². The van der Waals surface area contributed by atoms with Crippen LogP contribution in [-0.4, -0.2) is 66.1 Å². The molecule has 0 heterocycles. The minimum Gasteiger partial charge on any atom is -0.492 e. The molecule has 0 saturated heterocycles. The first-order valence-corrected chi connectivity index (χ1v) is 62.2. The molecule has 10 nitrogen and oxygen atoms in total. The summed E-state index contributed by atoms with van der Waals surface area (Å²) in [7, 11) is 0. The standard InChI is InChI=1S/C140H222O10/c1-97(2)43-33-53-107(21)65-75-141-131-87-121-119(123-89-133(143-77-67-109(23)55-35-45-99(5)6)137(147-81-71-113(27)59-39-49-103(13)14)93-127(123)129-95-139(149-83-73-115(29)61-41-51-105(17)18)135(91-125(121)129)145-79-69-111(25)57-37-47-101(9)10)85-117(131)63-31-32-64-118-86-120-122(88-132(118)142-76-66-108(22)54-34-44-98(3)4)126-92-136(146-80-70-112(26)58-38-48-102(11)12)140(150-84-74-116(30)62-42-52-106(19)20)96-130(126)128-94-138(148-82-72-114(28)60-40-50-104(15)16)134(90-124(120)128)144-78-68-110(24)56-36-46-100(7)8/h85-116H,33-62,65-84H2,1-30H3. The second kappa shape index (κ2) is 69.4. The lowest BCUT2D eigenvalue weighted by molar-refractivity contribution is 0.237. The molecule has 0 aliphatic carbocycles. The van der Waals surface area contributed by atoms with Crippen LogP contribution >= 0.6 is 0 Å². The lowest BCUT2D eigenvalue weighted by Gasteiger charge is -2.21. The minimum absolute atomic E-state index is 0.467. The van der Waals surface area contributed by atoms with Gasteiger partial charge < -0.3 is 47.4 Å². The molecule has 0 saturated carbocycles. The molecule has 8 rings (SSSR count). The zero-order chi connectivity index (χ0) is 109. The molecule has 842 valence electrons. The molecule has 0 aromatic heterocycles. The van der Waals surface area contributed by atoms with Crippen LogP contribution in [0.2, 0.25) is 0 Å². The number of hydrogen-bond acceptors (Lipinski definition) is 10. The van der Waals surface area contributed by atoms with Gasteiger partial charge in [0, 0.05) is 0 Å². The van der Waals surface area contributed by atoms with Gasteiger partial charge in [-0.15, -0.1) is 0 Å². The topological polar surface area (TPSA) is 92.3 Å². The fourth-order valence-corrected chi connectivity index (χ4v) is 21.5. The highest BCUT2D eigenvalue weighted by molar-refractivity contribution is 6.28. The van der Waals surface area contributed by atoms with E-state index in [0.717, 1.165) is 210 Å². The van der Waals surface area contributed by atoms with Crippen LogP contribution in [0.25, 0.3) is 64.6 Å². The summed E-state index contributed by atoms with van der Waals surface area (Å²) < 4.78 is 72.5. The van der Waals surface area contributed by atoms with Crippen molar-refractivity contribution in [3.8, 4) is 81.2 Å². The Morgan fingerprint density at radius 3 is 0.360 bits per heavy atom. The third-order valence-corrected chi connectivity index (χ3v) is 32.2. The van der Waals surface area contributed by atoms with Crippen LogP contribution < -0.4 is 47.4 Å². The molecule has 0 fully saturated rings. The second-order valence-corrected chi connectivity index (χ2v) is 52.3. The molecule has 10 unspecified atom stereocenters. The first-order valence-electron chi connectivity index (χ1n) is 62.2. The summed E-state index contributed by atoms with van der Waals surface area (Å²) in [6.07, 6.45) is 45.6. The van der Waals surface area contributed by atoms with E-state index in [9.17, 15) is 0 Å². The lowest BCUT2D eigenvalue weighted by Crippen LogP contribution is -2.09. The number of hydrogen-bond donors (Lipinski definition) is 0. The van der Waals surface area contributed by atoms with Crippen molar-refractivity contribution in [2.24, 2.45) is 118 Å². The Kier molecular flexibility index (Phi) is 59.1. The van der Waals surface area contributed by atoms with E-state index in [-0.39, 0.29) is 0 Å². The Morgan fingerprint density at radius 2 is 0.240 bits per heavy atom. The monoisotopic (exact) mass is 2060 g/mol. The number of fused-ring (bicyclic) bond motifs is 12. The lowest BCUT2D eigenvalue weighted by atomic mass is 9.91. The molecule has 0 N–H and O–H groups in total. The molecule has 0 amide bonds. The Labute approximate surface area is 920 Å². The number of ether oxygens (including phenoxy) is 10. The minimum atomic E-state index is 0.467. The van der Waals surface area contributed by atoms with E-state index in [1.54, 1.807) is 0 Å². The Balaban J connectivity index is 1.47. The molecule has 0 aliphatic heterocycles. The summed E-state index contributed by atoms with van der Waals surface area (Å²) in [5.41, 5.74) is 1.54. The molecular formula is C140H222O10. The van der Waals surface area contributed by atoms with Crippen LogP contribution in [0.1, 0.15) is 476 Å². The highest BCUT2D eigenvalue weighted by Crippen LogP contribution is 2.50. The average Bonchev–Trinajstić information content (AvgIpc) is 0.727. The first-order chi connectivity index (χ1) is 71.8. The van der Waals surface area contributed by atoms with Crippen LogP contribution in [-0.2, 0) is 0 Å². The van der Waals surface area contributed by atoms with E-state index >= 15 is 0 Å².